The third-order valence-corrected chi connectivity index (χ3v) is 8.15. The zero-order valence-corrected chi connectivity index (χ0v) is 27.6. The number of aliphatic hydroxyl groups is 1. The van der Waals surface area contributed by atoms with Crippen molar-refractivity contribution in [2.24, 2.45) is 0 Å². The van der Waals surface area contributed by atoms with Crippen LogP contribution in [0, 0.1) is 0 Å². The van der Waals surface area contributed by atoms with Gasteiger partial charge in [-0.3, -0.25) is 19.4 Å². The first-order chi connectivity index (χ1) is 21.5. The Bertz CT molecular complexity index is 1080. The number of amides is 2. The van der Waals surface area contributed by atoms with Crippen LogP contribution in [0.5, 0.6) is 0 Å². The molecular formula is C36H56N4O4. The van der Waals surface area contributed by atoms with Crippen LogP contribution in [0.25, 0.3) is 0 Å². The van der Waals surface area contributed by atoms with Crippen molar-refractivity contribution < 1.29 is 19.4 Å². The molecule has 44 heavy (non-hydrogen) atoms. The van der Waals surface area contributed by atoms with Gasteiger partial charge in [-0.15, -0.1) is 0 Å². The van der Waals surface area contributed by atoms with Gasteiger partial charge in [0, 0.05) is 71.7 Å². The summed E-state index contributed by atoms with van der Waals surface area (Å²) in [5, 5.41) is 13.0. The summed E-state index contributed by atoms with van der Waals surface area (Å²) in [7, 11) is 0. The van der Waals surface area contributed by atoms with Crippen LogP contribution in [0.4, 0.5) is 0 Å². The van der Waals surface area contributed by atoms with Crippen LogP contribution < -0.4 is 5.32 Å². The minimum absolute atomic E-state index is 0.194. The number of carbonyl (C=O) groups is 2. The molecule has 3 saturated heterocycles. The largest absolute Gasteiger partial charge is 0.390 e. The Kier molecular flexibility index (Phi) is 15.9. The molecule has 0 spiro atoms. The van der Waals surface area contributed by atoms with Crippen LogP contribution in [0.3, 0.4) is 0 Å². The highest BCUT2D eigenvalue weighted by Gasteiger charge is 2.28. The third kappa shape index (κ3) is 12.0. The molecule has 2 unspecified atom stereocenters. The fraction of sp³-hybridized carbons (Fsp3) is 0.611. The summed E-state index contributed by atoms with van der Waals surface area (Å²) >= 11 is 0. The van der Waals surface area contributed by atoms with Crippen molar-refractivity contribution in [1.29, 1.82) is 0 Å². The fourth-order valence-electron chi connectivity index (χ4n) is 5.92. The number of hydrogen-bond donors (Lipinski definition) is 2. The van der Waals surface area contributed by atoms with Crippen molar-refractivity contribution in [3.63, 3.8) is 0 Å². The predicted octanol–water partition coefficient (Wildman–Crippen LogP) is 5.12. The Morgan fingerprint density at radius 2 is 1.30 bits per heavy atom. The Morgan fingerprint density at radius 1 is 0.773 bits per heavy atom. The number of nitrogens with zero attached hydrogens (tertiary/aromatic N) is 3. The van der Waals surface area contributed by atoms with Crippen molar-refractivity contribution in [3.8, 4) is 0 Å². The minimum Gasteiger partial charge on any atom is -0.390 e. The number of fused-ring (bicyclic) bond motifs is 2. The summed E-state index contributed by atoms with van der Waals surface area (Å²) in [5.41, 5.74) is 5.69. The summed E-state index contributed by atoms with van der Waals surface area (Å²) < 4.78 is 5.23. The molecule has 5 heterocycles. The smallest absolute Gasteiger partial charge is 0.222 e. The predicted molar refractivity (Wildman–Crippen MR) is 177 cm³/mol. The minimum atomic E-state index is -0.452. The highest BCUT2D eigenvalue weighted by molar-refractivity contribution is 5.77. The highest BCUT2D eigenvalue weighted by Crippen LogP contribution is 2.24. The van der Waals surface area contributed by atoms with E-state index in [9.17, 15) is 14.7 Å². The monoisotopic (exact) mass is 608 g/mol. The van der Waals surface area contributed by atoms with Gasteiger partial charge in [0.05, 0.1) is 18.8 Å². The van der Waals surface area contributed by atoms with Crippen LogP contribution in [-0.2, 0) is 40.5 Å². The van der Waals surface area contributed by atoms with Gasteiger partial charge in [0.25, 0.3) is 0 Å². The van der Waals surface area contributed by atoms with E-state index >= 15 is 0 Å². The van der Waals surface area contributed by atoms with Gasteiger partial charge in [0.2, 0.25) is 11.8 Å². The van der Waals surface area contributed by atoms with E-state index in [1.54, 1.807) is 0 Å². The van der Waals surface area contributed by atoms with Gasteiger partial charge in [-0.2, -0.15) is 0 Å². The standard InChI is InChI=1S/C16H22N2O2.C11H13NO.C5H9NO.2C2H6/c19-15(12-18-8-4-3-7-16(18)20)11-17-9-13-5-1-2-6-14(13)10-17;1-2-4-10-6-12(5-9(10)3-1)7-11-8-13-11;7-5-3-1-2-4-6-5;2*1-2/h1-2,5-6,15,19H,3-4,7-12H2;1-4,11H,5-8H2;1-4H2,(H,6,7);2*1-2H3. The zero-order valence-electron chi connectivity index (χ0n) is 27.6. The number of benzene rings is 2. The van der Waals surface area contributed by atoms with Crippen LogP contribution >= 0.6 is 0 Å². The Labute approximate surface area is 265 Å². The molecule has 8 nitrogen and oxygen atoms in total. The van der Waals surface area contributed by atoms with E-state index in [2.05, 4.69) is 63.6 Å². The summed E-state index contributed by atoms with van der Waals surface area (Å²) in [5.74, 6) is 0.409. The number of β-amino-alcohol motifs (C(OH)–C–C–N with tert-alkyl or cyclic N) is 1. The number of ether oxygens (including phenoxy) is 1. The number of nitrogens with one attached hydrogen (secondary N) is 1. The zero-order chi connectivity index (χ0) is 31.7. The average Bonchev–Trinajstić information content (AvgIpc) is 3.62. The Hall–Kier alpha value is -2.78. The summed E-state index contributed by atoms with van der Waals surface area (Å²) in [6, 6.07) is 17.1. The number of piperidine rings is 2. The van der Waals surface area contributed by atoms with Gasteiger partial charge in [-0.25, -0.2) is 0 Å². The molecule has 7 rings (SSSR count). The third-order valence-electron chi connectivity index (χ3n) is 8.15. The van der Waals surface area contributed by atoms with E-state index < -0.39 is 6.10 Å². The van der Waals surface area contributed by atoms with Crippen molar-refractivity contribution in [1.82, 2.24) is 20.0 Å². The maximum Gasteiger partial charge on any atom is 0.222 e. The molecule has 0 aromatic heterocycles. The molecule has 2 N–H and O–H groups in total. The first-order valence-corrected chi connectivity index (χ1v) is 17.0. The number of hydrogen-bond acceptors (Lipinski definition) is 6. The topological polar surface area (TPSA) is 88.6 Å². The lowest BCUT2D eigenvalue weighted by Gasteiger charge is -2.30. The average molecular weight is 609 g/mol. The first kappa shape index (κ1) is 35.7. The molecule has 2 atom stereocenters. The van der Waals surface area contributed by atoms with Gasteiger partial charge in [0.15, 0.2) is 0 Å². The lowest BCUT2D eigenvalue weighted by molar-refractivity contribution is -0.135. The van der Waals surface area contributed by atoms with Gasteiger partial charge in [-0.05, 0) is 47.9 Å². The van der Waals surface area contributed by atoms with Crippen molar-refractivity contribution in [3.05, 3.63) is 70.8 Å². The van der Waals surface area contributed by atoms with Gasteiger partial charge >= 0.3 is 0 Å². The molecule has 5 aliphatic rings. The molecule has 244 valence electrons. The van der Waals surface area contributed by atoms with Crippen LogP contribution in [0.2, 0.25) is 0 Å². The van der Waals surface area contributed by atoms with Crippen LogP contribution in [-0.4, -0.2) is 83.2 Å². The van der Waals surface area contributed by atoms with Gasteiger partial charge < -0.3 is 20.1 Å². The molecule has 2 amide bonds. The van der Waals surface area contributed by atoms with Crippen LogP contribution in [0.1, 0.15) is 88.5 Å². The number of likely N-dealkylation sites (tertiary alicyclic amines) is 1. The normalized spacial score (nSPS) is 20.9. The molecule has 5 aliphatic heterocycles. The first-order valence-electron chi connectivity index (χ1n) is 17.0. The molecule has 2 aromatic carbocycles. The van der Waals surface area contributed by atoms with E-state index in [0.29, 0.717) is 25.6 Å². The molecule has 0 radical (unpaired) electrons. The SMILES string of the molecule is CC.CC.O=C1CCCCN1.O=C1CCCCN1CC(O)CN1Cc2ccccc2C1.c1ccc2c(c1)CN(CC1CO1)C2. The van der Waals surface area contributed by atoms with E-state index in [1.807, 2.05) is 32.6 Å². The number of rotatable bonds is 6. The molecule has 3 fully saturated rings. The van der Waals surface area contributed by atoms with E-state index in [0.717, 1.165) is 84.5 Å². The van der Waals surface area contributed by atoms with Crippen LogP contribution in [0.15, 0.2) is 48.5 Å². The fourth-order valence-corrected chi connectivity index (χ4v) is 5.92. The second-order valence-corrected chi connectivity index (χ2v) is 11.6. The highest BCUT2D eigenvalue weighted by atomic mass is 16.6. The lowest BCUT2D eigenvalue weighted by Crippen LogP contribution is -2.43. The van der Waals surface area contributed by atoms with E-state index in [1.165, 1.54) is 22.3 Å². The van der Waals surface area contributed by atoms with E-state index in [4.69, 9.17) is 4.74 Å². The molecule has 0 saturated carbocycles. The lowest BCUT2D eigenvalue weighted by atomic mass is 10.1. The van der Waals surface area contributed by atoms with Gasteiger partial charge in [-0.1, -0.05) is 76.2 Å². The summed E-state index contributed by atoms with van der Waals surface area (Å²) in [4.78, 5) is 28.6. The quantitative estimate of drug-likeness (QED) is 0.443. The maximum absolute atomic E-state index is 11.7. The van der Waals surface area contributed by atoms with Gasteiger partial charge in [0.1, 0.15) is 0 Å². The molecule has 2 aromatic rings. The molecule has 0 bridgehead atoms. The second-order valence-electron chi connectivity index (χ2n) is 11.6. The van der Waals surface area contributed by atoms with Crippen molar-refractivity contribution in [2.75, 3.05) is 39.3 Å². The van der Waals surface area contributed by atoms with E-state index in [-0.39, 0.29) is 11.8 Å². The molecule has 0 aliphatic carbocycles. The Balaban J connectivity index is 0.000000188. The Morgan fingerprint density at radius 3 is 1.73 bits per heavy atom. The molecule has 8 heteroatoms. The molecular weight excluding hydrogens is 552 g/mol. The van der Waals surface area contributed by atoms with Crippen molar-refractivity contribution in [2.45, 2.75) is 105 Å². The van der Waals surface area contributed by atoms with Crippen molar-refractivity contribution >= 4 is 11.8 Å². The number of aliphatic hydroxyl groups excluding tert-OH is 1. The number of epoxide rings is 1. The maximum atomic E-state index is 11.7. The number of carbonyl (C=O) groups excluding carboxylic acids is 2. The summed E-state index contributed by atoms with van der Waals surface area (Å²) in [6.07, 6.45) is 5.74. The second kappa shape index (κ2) is 19.6. The summed E-state index contributed by atoms with van der Waals surface area (Å²) in [6.45, 7) is 16.9.